The first-order valence-corrected chi connectivity index (χ1v) is 13.8. The predicted molar refractivity (Wildman–Crippen MR) is 154 cm³/mol. The highest BCUT2D eigenvalue weighted by atomic mass is 16.5. The van der Waals surface area contributed by atoms with Crippen LogP contribution in [0.2, 0.25) is 0 Å². The zero-order valence-corrected chi connectivity index (χ0v) is 23.2. The van der Waals surface area contributed by atoms with E-state index in [1.165, 1.54) is 0 Å². The van der Waals surface area contributed by atoms with Crippen molar-refractivity contribution in [1.82, 2.24) is 16.0 Å². The van der Waals surface area contributed by atoms with E-state index in [2.05, 4.69) is 52.1 Å². The second-order valence-electron chi connectivity index (χ2n) is 9.86. The number of hydrogen-bond donors (Lipinski definition) is 4. The third kappa shape index (κ3) is 8.30. The maximum Gasteiger partial charge on any atom is 0.407 e. The van der Waals surface area contributed by atoms with Crippen LogP contribution in [0, 0.1) is 0 Å². The first-order chi connectivity index (χ1) is 18.8. The van der Waals surface area contributed by atoms with Crippen LogP contribution in [0.1, 0.15) is 69.4 Å². The summed E-state index contributed by atoms with van der Waals surface area (Å²) in [4.78, 5) is 42.7. The molecule has 2 atom stereocenters. The Labute approximate surface area is 231 Å². The highest BCUT2D eigenvalue weighted by molar-refractivity contribution is 5.91. The maximum absolute atomic E-state index is 13.2. The number of nitrogens with two attached hydrogens (primary N) is 1. The van der Waals surface area contributed by atoms with E-state index in [0.717, 1.165) is 41.5 Å². The average molecular weight is 536 g/mol. The zero-order valence-electron chi connectivity index (χ0n) is 23.2. The molecule has 0 saturated heterocycles. The van der Waals surface area contributed by atoms with Crippen molar-refractivity contribution in [2.75, 3.05) is 20.2 Å². The lowest BCUT2D eigenvalue weighted by molar-refractivity contribution is -0.130. The predicted octanol–water partition coefficient (Wildman–Crippen LogP) is 3.86. The summed E-state index contributed by atoms with van der Waals surface area (Å²) in [6.45, 7) is 4.34. The summed E-state index contributed by atoms with van der Waals surface area (Å²) >= 11 is 0. The van der Waals surface area contributed by atoms with E-state index in [-0.39, 0.29) is 18.4 Å². The SMILES string of the molecule is CCCCCC(NC(=O)C(CCCN=C(C)N)NC(=O)OCC1c2ccccc2-c2ccccc21)C(=O)NC. The number of ether oxygens (including phenoxy) is 1. The van der Waals surface area contributed by atoms with E-state index in [4.69, 9.17) is 10.5 Å². The zero-order chi connectivity index (χ0) is 28.2. The lowest BCUT2D eigenvalue weighted by Crippen LogP contribution is -2.53. The Bertz CT molecular complexity index is 1120. The normalized spacial score (nSPS) is 14.1. The fraction of sp³-hybridized carbons (Fsp3) is 0.467. The van der Waals surface area contributed by atoms with Gasteiger partial charge in [-0.25, -0.2) is 4.79 Å². The van der Waals surface area contributed by atoms with Gasteiger partial charge in [-0.2, -0.15) is 0 Å². The van der Waals surface area contributed by atoms with Gasteiger partial charge in [0, 0.05) is 19.5 Å². The summed E-state index contributed by atoms with van der Waals surface area (Å²) in [6.07, 6.45) is 3.46. The number of likely N-dealkylation sites (N-methyl/N-ethyl adjacent to an activating group) is 1. The van der Waals surface area contributed by atoms with E-state index in [1.54, 1.807) is 14.0 Å². The third-order valence-corrected chi connectivity index (χ3v) is 6.94. The van der Waals surface area contributed by atoms with Crippen molar-refractivity contribution in [1.29, 1.82) is 0 Å². The van der Waals surface area contributed by atoms with Crippen molar-refractivity contribution < 1.29 is 19.1 Å². The number of benzene rings is 2. The molecule has 0 heterocycles. The van der Waals surface area contributed by atoms with E-state index in [1.807, 2.05) is 24.3 Å². The molecule has 2 aromatic rings. The fourth-order valence-electron chi connectivity index (χ4n) is 4.92. The smallest absolute Gasteiger partial charge is 0.407 e. The number of nitrogens with one attached hydrogen (secondary N) is 3. The monoisotopic (exact) mass is 535 g/mol. The number of hydrogen-bond acceptors (Lipinski definition) is 5. The molecule has 210 valence electrons. The van der Waals surface area contributed by atoms with Crippen LogP contribution in [-0.2, 0) is 14.3 Å². The lowest BCUT2D eigenvalue weighted by Gasteiger charge is -2.23. The average Bonchev–Trinajstić information content (AvgIpc) is 3.26. The maximum atomic E-state index is 13.2. The molecule has 3 rings (SSSR count). The molecule has 1 aliphatic rings. The van der Waals surface area contributed by atoms with E-state index in [9.17, 15) is 14.4 Å². The molecule has 0 bridgehead atoms. The number of amidine groups is 1. The van der Waals surface area contributed by atoms with Crippen LogP contribution < -0.4 is 21.7 Å². The molecule has 0 aromatic heterocycles. The molecule has 2 unspecified atom stereocenters. The molecule has 2 aromatic carbocycles. The molecule has 0 saturated carbocycles. The number of fused-ring (bicyclic) bond motifs is 3. The minimum Gasteiger partial charge on any atom is -0.449 e. The number of nitrogens with zero attached hydrogens (tertiary/aromatic N) is 1. The highest BCUT2D eigenvalue weighted by Crippen LogP contribution is 2.44. The van der Waals surface area contributed by atoms with Gasteiger partial charge < -0.3 is 26.4 Å². The molecule has 0 aliphatic heterocycles. The van der Waals surface area contributed by atoms with Crippen molar-refractivity contribution in [2.24, 2.45) is 10.7 Å². The van der Waals surface area contributed by atoms with Gasteiger partial charge >= 0.3 is 6.09 Å². The van der Waals surface area contributed by atoms with Gasteiger partial charge in [-0.05, 0) is 48.4 Å². The van der Waals surface area contributed by atoms with Crippen LogP contribution in [0.25, 0.3) is 11.1 Å². The van der Waals surface area contributed by atoms with Gasteiger partial charge in [-0.3, -0.25) is 14.6 Å². The van der Waals surface area contributed by atoms with Crippen molar-refractivity contribution >= 4 is 23.7 Å². The molecule has 0 spiro atoms. The lowest BCUT2D eigenvalue weighted by atomic mass is 9.98. The van der Waals surface area contributed by atoms with Crippen LogP contribution in [0.5, 0.6) is 0 Å². The highest BCUT2D eigenvalue weighted by Gasteiger charge is 2.30. The third-order valence-electron chi connectivity index (χ3n) is 6.94. The van der Waals surface area contributed by atoms with Gasteiger partial charge in [0.05, 0.1) is 5.84 Å². The van der Waals surface area contributed by atoms with Gasteiger partial charge in [-0.1, -0.05) is 74.7 Å². The topological polar surface area (TPSA) is 135 Å². The van der Waals surface area contributed by atoms with Gasteiger partial charge in [0.1, 0.15) is 18.7 Å². The van der Waals surface area contributed by atoms with Gasteiger partial charge in [0.15, 0.2) is 0 Å². The van der Waals surface area contributed by atoms with Crippen molar-refractivity contribution in [3.63, 3.8) is 0 Å². The Morgan fingerprint density at radius 2 is 1.49 bits per heavy atom. The van der Waals surface area contributed by atoms with Crippen molar-refractivity contribution in [3.05, 3.63) is 59.7 Å². The Morgan fingerprint density at radius 3 is 2.08 bits per heavy atom. The molecule has 9 heteroatoms. The Kier molecular flexibility index (Phi) is 11.3. The van der Waals surface area contributed by atoms with E-state index in [0.29, 0.717) is 31.6 Å². The first kappa shape index (κ1) is 29.7. The molecule has 5 N–H and O–H groups in total. The number of aliphatic imine (C=N–C) groups is 1. The van der Waals surface area contributed by atoms with E-state index < -0.39 is 24.1 Å². The number of unbranched alkanes of at least 4 members (excludes halogenated alkanes) is 2. The van der Waals surface area contributed by atoms with Gasteiger partial charge in [-0.15, -0.1) is 0 Å². The standard InChI is InChI=1S/C30H41N5O4/c1-4-5-6-16-26(28(36)32-3)34-29(37)27(17-11-18-33-20(2)31)35-30(38)39-19-25-23-14-9-7-12-21(23)22-13-8-10-15-24(22)25/h7-10,12-15,25-27H,4-6,11,16-19H2,1-3H3,(H2,31,33)(H,32,36)(H,34,37)(H,35,38). The Morgan fingerprint density at radius 1 is 0.897 bits per heavy atom. The summed E-state index contributed by atoms with van der Waals surface area (Å²) in [5, 5.41) is 8.16. The largest absolute Gasteiger partial charge is 0.449 e. The van der Waals surface area contributed by atoms with Crippen molar-refractivity contribution in [2.45, 2.75) is 70.4 Å². The summed E-state index contributed by atoms with van der Waals surface area (Å²) in [5.41, 5.74) is 10.1. The molecule has 3 amide bonds. The van der Waals surface area contributed by atoms with Gasteiger partial charge in [0.2, 0.25) is 11.8 Å². The molecule has 9 nitrogen and oxygen atoms in total. The summed E-state index contributed by atoms with van der Waals surface area (Å²) in [7, 11) is 1.54. The number of carbonyl (C=O) groups excluding carboxylic acids is 3. The fourth-order valence-corrected chi connectivity index (χ4v) is 4.92. The second kappa shape index (κ2) is 14.9. The molecule has 1 aliphatic carbocycles. The Balaban J connectivity index is 1.67. The molecular formula is C30H41N5O4. The second-order valence-corrected chi connectivity index (χ2v) is 9.86. The number of amides is 3. The summed E-state index contributed by atoms with van der Waals surface area (Å²) in [6, 6.07) is 14.6. The van der Waals surface area contributed by atoms with Gasteiger partial charge in [0.25, 0.3) is 0 Å². The number of rotatable bonds is 14. The molecule has 0 fully saturated rings. The van der Waals surface area contributed by atoms with Crippen LogP contribution in [0.15, 0.2) is 53.5 Å². The quantitative estimate of drug-likeness (QED) is 0.166. The van der Waals surface area contributed by atoms with E-state index >= 15 is 0 Å². The van der Waals surface area contributed by atoms with Crippen LogP contribution >= 0.6 is 0 Å². The molecular weight excluding hydrogens is 494 g/mol. The number of carbonyl (C=O) groups is 3. The summed E-state index contributed by atoms with van der Waals surface area (Å²) in [5.74, 6) is -0.325. The van der Waals surface area contributed by atoms with Crippen LogP contribution in [0.3, 0.4) is 0 Å². The number of alkyl carbamates (subject to hydrolysis) is 1. The van der Waals surface area contributed by atoms with Crippen molar-refractivity contribution in [3.8, 4) is 11.1 Å². The molecule has 39 heavy (non-hydrogen) atoms. The Hall–Kier alpha value is -3.88. The minimum absolute atomic E-state index is 0.0894. The van der Waals surface area contributed by atoms with Crippen LogP contribution in [-0.4, -0.2) is 56.0 Å². The van der Waals surface area contributed by atoms with Crippen LogP contribution in [0.4, 0.5) is 4.79 Å². The summed E-state index contributed by atoms with van der Waals surface area (Å²) < 4.78 is 5.66. The first-order valence-electron chi connectivity index (χ1n) is 13.8. The molecule has 0 radical (unpaired) electrons. The minimum atomic E-state index is -0.882.